The molecule has 0 radical (unpaired) electrons. The average Bonchev–Trinajstić information content (AvgIpc) is 2.98. The number of anilines is 1. The first-order valence-electron chi connectivity index (χ1n) is 8.85. The zero-order valence-corrected chi connectivity index (χ0v) is 15.5. The van der Waals surface area contributed by atoms with Crippen LogP contribution in [0.1, 0.15) is 19.4 Å². The molecular weight excluding hydrogens is 360 g/mol. The number of benzene rings is 2. The van der Waals surface area contributed by atoms with E-state index in [2.05, 4.69) is 5.43 Å². The van der Waals surface area contributed by atoms with Crippen LogP contribution in [-0.2, 0) is 19.1 Å². The van der Waals surface area contributed by atoms with Gasteiger partial charge < -0.3 is 9.47 Å². The molecule has 2 aromatic rings. The standard InChI is InChI=1S/C21H20N2O5/c1-3-27-21(26)14(2)28-18-12-8-7-9-15(18)13-17-19(24)22-23(20(17)25)16-10-5-4-6-11-16/h4-14H,3H2,1-2H3,(H,22,24)/b17-13-/t14-/m1/s1. The molecule has 0 spiro atoms. The second-order valence-electron chi connectivity index (χ2n) is 6.03. The largest absolute Gasteiger partial charge is 0.478 e. The molecule has 7 heteroatoms. The molecule has 0 saturated carbocycles. The number of ether oxygens (including phenoxy) is 2. The number of hydrazine groups is 1. The van der Waals surface area contributed by atoms with Crippen molar-refractivity contribution in [2.45, 2.75) is 20.0 Å². The topological polar surface area (TPSA) is 84.9 Å². The summed E-state index contributed by atoms with van der Waals surface area (Å²) in [6.45, 7) is 3.54. The monoisotopic (exact) mass is 380 g/mol. The maximum absolute atomic E-state index is 12.7. The van der Waals surface area contributed by atoms with E-state index in [9.17, 15) is 14.4 Å². The highest BCUT2D eigenvalue weighted by Crippen LogP contribution is 2.26. The molecule has 1 aliphatic rings. The lowest BCUT2D eigenvalue weighted by molar-refractivity contribution is -0.150. The zero-order chi connectivity index (χ0) is 20.1. The summed E-state index contributed by atoms with van der Waals surface area (Å²) in [6, 6.07) is 15.7. The van der Waals surface area contributed by atoms with Gasteiger partial charge in [0, 0.05) is 5.56 Å². The molecule has 3 rings (SSSR count). The Kier molecular flexibility index (Phi) is 5.74. The van der Waals surface area contributed by atoms with E-state index in [1.165, 1.54) is 11.1 Å². The van der Waals surface area contributed by atoms with Gasteiger partial charge in [-0.1, -0.05) is 36.4 Å². The van der Waals surface area contributed by atoms with Crippen molar-refractivity contribution >= 4 is 29.5 Å². The van der Waals surface area contributed by atoms with E-state index in [0.717, 1.165) is 0 Å². The SMILES string of the molecule is CCOC(=O)[C@@H](C)Oc1ccccc1/C=C1/C(=O)NN(c2ccccc2)C1=O. The Morgan fingerprint density at radius 2 is 1.79 bits per heavy atom. The van der Waals surface area contributed by atoms with Gasteiger partial charge in [-0.15, -0.1) is 0 Å². The van der Waals surface area contributed by atoms with Gasteiger partial charge in [0.25, 0.3) is 11.8 Å². The first-order chi connectivity index (χ1) is 13.5. The van der Waals surface area contributed by atoms with Crippen LogP contribution in [0.2, 0.25) is 0 Å². The van der Waals surface area contributed by atoms with Crippen LogP contribution in [0.3, 0.4) is 0 Å². The van der Waals surface area contributed by atoms with E-state index in [0.29, 0.717) is 17.0 Å². The first kappa shape index (κ1) is 19.2. The predicted molar refractivity (Wildman–Crippen MR) is 103 cm³/mol. The summed E-state index contributed by atoms with van der Waals surface area (Å²) in [7, 11) is 0. The van der Waals surface area contributed by atoms with Gasteiger partial charge in [-0.3, -0.25) is 15.0 Å². The molecule has 1 fully saturated rings. The maximum Gasteiger partial charge on any atom is 0.347 e. The Bertz CT molecular complexity index is 923. The number of rotatable bonds is 6. The van der Waals surface area contributed by atoms with Crippen molar-refractivity contribution in [3.63, 3.8) is 0 Å². The van der Waals surface area contributed by atoms with E-state index in [1.54, 1.807) is 62.4 Å². The predicted octanol–water partition coefficient (Wildman–Crippen LogP) is 2.48. The number of carbonyl (C=O) groups excluding carboxylic acids is 3. The number of nitrogens with one attached hydrogen (secondary N) is 1. The van der Waals surface area contributed by atoms with Crippen LogP contribution >= 0.6 is 0 Å². The lowest BCUT2D eigenvalue weighted by atomic mass is 10.1. The minimum Gasteiger partial charge on any atom is -0.478 e. The molecule has 1 aliphatic heterocycles. The summed E-state index contributed by atoms with van der Waals surface area (Å²) >= 11 is 0. The van der Waals surface area contributed by atoms with Crippen LogP contribution in [0.15, 0.2) is 60.2 Å². The van der Waals surface area contributed by atoms with Crippen molar-refractivity contribution in [3.05, 3.63) is 65.7 Å². The third-order valence-corrected chi connectivity index (χ3v) is 4.05. The van der Waals surface area contributed by atoms with Gasteiger partial charge in [0.2, 0.25) is 0 Å². The van der Waals surface area contributed by atoms with Crippen LogP contribution in [0.4, 0.5) is 5.69 Å². The Morgan fingerprint density at radius 3 is 2.50 bits per heavy atom. The third-order valence-electron chi connectivity index (χ3n) is 4.05. The normalized spacial score (nSPS) is 16.1. The first-order valence-corrected chi connectivity index (χ1v) is 8.85. The summed E-state index contributed by atoms with van der Waals surface area (Å²) in [5.74, 6) is -1.10. The van der Waals surface area contributed by atoms with E-state index in [4.69, 9.17) is 9.47 Å². The summed E-state index contributed by atoms with van der Waals surface area (Å²) in [5, 5.41) is 1.19. The Balaban J connectivity index is 1.86. The lowest BCUT2D eigenvalue weighted by Gasteiger charge is -2.15. The van der Waals surface area contributed by atoms with Gasteiger partial charge in [0.05, 0.1) is 12.3 Å². The van der Waals surface area contributed by atoms with Crippen LogP contribution in [0.5, 0.6) is 5.75 Å². The van der Waals surface area contributed by atoms with Crippen molar-refractivity contribution in [3.8, 4) is 5.75 Å². The summed E-state index contributed by atoms with van der Waals surface area (Å²) in [5.41, 5.74) is 3.59. The summed E-state index contributed by atoms with van der Waals surface area (Å²) < 4.78 is 10.6. The van der Waals surface area contributed by atoms with E-state index < -0.39 is 23.9 Å². The van der Waals surface area contributed by atoms with E-state index in [1.807, 2.05) is 6.07 Å². The quantitative estimate of drug-likeness (QED) is 0.473. The molecule has 0 bridgehead atoms. The van der Waals surface area contributed by atoms with Gasteiger partial charge in [-0.25, -0.2) is 9.80 Å². The van der Waals surface area contributed by atoms with Gasteiger partial charge in [-0.05, 0) is 38.1 Å². The Hall–Kier alpha value is -3.61. The molecular formula is C21H20N2O5. The zero-order valence-electron chi connectivity index (χ0n) is 15.5. The number of esters is 1. The molecule has 1 saturated heterocycles. The van der Waals surface area contributed by atoms with Crippen molar-refractivity contribution in [2.75, 3.05) is 11.6 Å². The maximum atomic E-state index is 12.7. The lowest BCUT2D eigenvalue weighted by Crippen LogP contribution is -2.35. The highest BCUT2D eigenvalue weighted by molar-refractivity contribution is 6.31. The van der Waals surface area contributed by atoms with E-state index >= 15 is 0 Å². The minimum absolute atomic E-state index is 0.0244. The molecule has 144 valence electrons. The fourth-order valence-corrected chi connectivity index (χ4v) is 2.68. The molecule has 2 amide bonds. The Labute approximate surface area is 162 Å². The van der Waals surface area contributed by atoms with Gasteiger partial charge >= 0.3 is 5.97 Å². The second-order valence-corrected chi connectivity index (χ2v) is 6.03. The minimum atomic E-state index is -0.826. The molecule has 1 atom stereocenters. The number of amides is 2. The highest BCUT2D eigenvalue weighted by Gasteiger charge is 2.34. The fraction of sp³-hybridized carbons (Fsp3) is 0.190. The second kappa shape index (κ2) is 8.39. The number of para-hydroxylation sites is 2. The number of nitrogens with zero attached hydrogens (tertiary/aromatic N) is 1. The Morgan fingerprint density at radius 1 is 1.11 bits per heavy atom. The van der Waals surface area contributed by atoms with Crippen molar-refractivity contribution in [2.24, 2.45) is 0 Å². The van der Waals surface area contributed by atoms with Crippen LogP contribution in [0, 0.1) is 0 Å². The molecule has 0 aromatic heterocycles. The number of carbonyl (C=O) groups is 3. The highest BCUT2D eigenvalue weighted by atomic mass is 16.6. The van der Waals surface area contributed by atoms with Crippen LogP contribution < -0.4 is 15.2 Å². The molecule has 0 unspecified atom stereocenters. The summed E-state index contributed by atoms with van der Waals surface area (Å²) in [4.78, 5) is 36.9. The van der Waals surface area contributed by atoms with Crippen LogP contribution in [0.25, 0.3) is 6.08 Å². The van der Waals surface area contributed by atoms with Crippen molar-refractivity contribution in [1.82, 2.24) is 5.43 Å². The molecule has 28 heavy (non-hydrogen) atoms. The van der Waals surface area contributed by atoms with Gasteiger partial charge in [0.15, 0.2) is 6.10 Å². The van der Waals surface area contributed by atoms with Crippen molar-refractivity contribution in [1.29, 1.82) is 0 Å². The number of hydrogen-bond donors (Lipinski definition) is 1. The van der Waals surface area contributed by atoms with Crippen molar-refractivity contribution < 1.29 is 23.9 Å². The average molecular weight is 380 g/mol. The number of hydrogen-bond acceptors (Lipinski definition) is 5. The summed E-state index contributed by atoms with van der Waals surface area (Å²) in [6.07, 6.45) is 0.627. The van der Waals surface area contributed by atoms with E-state index in [-0.39, 0.29) is 12.2 Å². The molecule has 2 aromatic carbocycles. The fourth-order valence-electron chi connectivity index (χ4n) is 2.68. The molecule has 1 heterocycles. The van der Waals surface area contributed by atoms with Gasteiger partial charge in [0.1, 0.15) is 11.3 Å². The third kappa shape index (κ3) is 4.03. The molecule has 0 aliphatic carbocycles. The van der Waals surface area contributed by atoms with Gasteiger partial charge in [-0.2, -0.15) is 0 Å². The molecule has 1 N–H and O–H groups in total. The van der Waals surface area contributed by atoms with Crippen LogP contribution in [-0.4, -0.2) is 30.5 Å². The molecule has 7 nitrogen and oxygen atoms in total. The smallest absolute Gasteiger partial charge is 0.347 e.